The molecule has 4 rings (SSSR count). The van der Waals surface area contributed by atoms with Crippen LogP contribution in [0.4, 0.5) is 27.9 Å². The molecule has 2 heterocycles. The molecule has 9 nitrogen and oxygen atoms in total. The Labute approximate surface area is 176 Å². The first kappa shape index (κ1) is 19.8. The summed E-state index contributed by atoms with van der Waals surface area (Å²) in [6, 6.07) is 14.9. The van der Waals surface area contributed by atoms with Crippen molar-refractivity contribution in [3.63, 3.8) is 0 Å². The van der Waals surface area contributed by atoms with Gasteiger partial charge in [-0.15, -0.1) is 0 Å². The molecule has 0 fully saturated rings. The lowest BCUT2D eigenvalue weighted by Gasteiger charge is -2.25. The van der Waals surface area contributed by atoms with Crippen molar-refractivity contribution in [2.45, 2.75) is 6.92 Å². The second-order valence-electron chi connectivity index (χ2n) is 6.54. The number of nitrogens with zero attached hydrogens (tertiary/aromatic N) is 6. The molecular formula is C21H17FN8O. The summed E-state index contributed by atoms with van der Waals surface area (Å²) in [5.41, 5.74) is 11.7. The molecule has 154 valence electrons. The minimum atomic E-state index is -0.678. The van der Waals surface area contributed by atoms with Crippen LogP contribution in [0.25, 0.3) is 16.6 Å². The van der Waals surface area contributed by atoms with Crippen molar-refractivity contribution < 1.29 is 4.39 Å². The van der Waals surface area contributed by atoms with Crippen LogP contribution < -0.4 is 21.9 Å². The number of nitrogens with two attached hydrogens (primary N) is 2. The highest BCUT2D eigenvalue weighted by molar-refractivity contribution is 5.81. The number of aromatic nitrogens is 4. The molecule has 0 saturated carbocycles. The van der Waals surface area contributed by atoms with E-state index in [0.29, 0.717) is 5.69 Å². The van der Waals surface area contributed by atoms with Gasteiger partial charge in [-0.2, -0.15) is 15.2 Å². The zero-order valence-electron chi connectivity index (χ0n) is 16.5. The standard InChI is InChI=1S/C21H17FN8O/c1-2-29(18-13(11-23)17(24)27-20(25)28-18)21-26-15-10-6-9-14(22)16(15)19(31)30(21)12-7-4-3-5-8-12/h3-10H,2H2,1H3,(H4,24,25,27,28). The fourth-order valence-corrected chi connectivity index (χ4v) is 3.34. The molecule has 0 amide bonds. The molecular weight excluding hydrogens is 399 g/mol. The van der Waals surface area contributed by atoms with Crippen molar-refractivity contribution in [1.29, 1.82) is 5.26 Å². The molecule has 0 bridgehead atoms. The maximum Gasteiger partial charge on any atom is 0.270 e. The highest BCUT2D eigenvalue weighted by atomic mass is 19.1. The van der Waals surface area contributed by atoms with E-state index in [2.05, 4.69) is 15.0 Å². The van der Waals surface area contributed by atoms with E-state index in [-0.39, 0.29) is 46.5 Å². The first-order valence-electron chi connectivity index (χ1n) is 9.33. The average molecular weight is 416 g/mol. The van der Waals surface area contributed by atoms with Crippen LogP contribution in [0.1, 0.15) is 12.5 Å². The normalized spacial score (nSPS) is 10.7. The Kier molecular flexibility index (Phi) is 4.92. The summed E-state index contributed by atoms with van der Waals surface area (Å²) in [5, 5.41) is 9.47. The number of anilines is 4. The van der Waals surface area contributed by atoms with Crippen molar-refractivity contribution in [3.05, 3.63) is 70.3 Å². The first-order valence-corrected chi connectivity index (χ1v) is 9.33. The molecule has 0 spiro atoms. The zero-order chi connectivity index (χ0) is 22.1. The maximum absolute atomic E-state index is 14.5. The summed E-state index contributed by atoms with van der Waals surface area (Å²) in [6.07, 6.45) is 0. The number of nitrogen functional groups attached to an aromatic ring is 2. The average Bonchev–Trinajstić information content (AvgIpc) is 2.75. The maximum atomic E-state index is 14.5. The van der Waals surface area contributed by atoms with Crippen LogP contribution in [0.2, 0.25) is 0 Å². The van der Waals surface area contributed by atoms with E-state index in [1.165, 1.54) is 21.6 Å². The summed E-state index contributed by atoms with van der Waals surface area (Å²) < 4.78 is 15.8. The third-order valence-electron chi connectivity index (χ3n) is 4.70. The third-order valence-corrected chi connectivity index (χ3v) is 4.70. The number of rotatable bonds is 4. The van der Waals surface area contributed by atoms with Crippen molar-refractivity contribution in [3.8, 4) is 11.8 Å². The quantitative estimate of drug-likeness (QED) is 0.517. The van der Waals surface area contributed by atoms with Crippen molar-refractivity contribution in [2.75, 3.05) is 22.9 Å². The van der Waals surface area contributed by atoms with Gasteiger partial charge in [0, 0.05) is 6.54 Å². The number of nitriles is 1. The molecule has 0 unspecified atom stereocenters. The van der Waals surface area contributed by atoms with Gasteiger partial charge in [-0.05, 0) is 31.2 Å². The second kappa shape index (κ2) is 7.72. The van der Waals surface area contributed by atoms with Crippen molar-refractivity contribution in [2.24, 2.45) is 0 Å². The molecule has 0 saturated heterocycles. The molecule has 0 radical (unpaired) electrons. The van der Waals surface area contributed by atoms with Gasteiger partial charge in [0.1, 0.15) is 28.7 Å². The Morgan fingerprint density at radius 2 is 1.84 bits per heavy atom. The molecule has 31 heavy (non-hydrogen) atoms. The van der Waals surface area contributed by atoms with Crippen LogP contribution in [0.15, 0.2) is 53.3 Å². The summed E-state index contributed by atoms with van der Waals surface area (Å²) in [5.74, 6) is -0.676. The van der Waals surface area contributed by atoms with E-state index in [0.717, 1.165) is 0 Å². The Bertz CT molecular complexity index is 1390. The van der Waals surface area contributed by atoms with E-state index in [9.17, 15) is 14.4 Å². The summed E-state index contributed by atoms with van der Waals surface area (Å²) in [7, 11) is 0. The van der Waals surface area contributed by atoms with E-state index >= 15 is 0 Å². The number of para-hydroxylation sites is 1. The molecule has 4 N–H and O–H groups in total. The lowest BCUT2D eigenvalue weighted by Crippen LogP contribution is -2.31. The fourth-order valence-electron chi connectivity index (χ4n) is 3.34. The molecule has 0 aliphatic heterocycles. The van der Waals surface area contributed by atoms with Gasteiger partial charge in [0.15, 0.2) is 5.82 Å². The lowest BCUT2D eigenvalue weighted by molar-refractivity contribution is 0.637. The van der Waals surface area contributed by atoms with E-state index < -0.39 is 11.4 Å². The van der Waals surface area contributed by atoms with E-state index in [1.54, 1.807) is 43.3 Å². The van der Waals surface area contributed by atoms with Crippen LogP contribution in [-0.4, -0.2) is 26.1 Å². The summed E-state index contributed by atoms with van der Waals surface area (Å²) >= 11 is 0. The van der Waals surface area contributed by atoms with E-state index in [4.69, 9.17) is 11.5 Å². The molecule has 0 aliphatic rings. The number of halogens is 1. The Balaban J connectivity index is 2.12. The number of benzene rings is 2. The Morgan fingerprint density at radius 3 is 2.52 bits per heavy atom. The predicted octanol–water partition coefficient (Wildman–Crippen LogP) is 2.51. The van der Waals surface area contributed by atoms with Crippen LogP contribution >= 0.6 is 0 Å². The SMILES string of the molecule is CCN(c1nc(N)nc(N)c1C#N)c1nc2cccc(F)c2c(=O)n1-c1ccccc1. The predicted molar refractivity (Wildman–Crippen MR) is 116 cm³/mol. The topological polar surface area (TPSA) is 140 Å². The van der Waals surface area contributed by atoms with Gasteiger partial charge in [-0.25, -0.2) is 13.9 Å². The van der Waals surface area contributed by atoms with Gasteiger partial charge < -0.3 is 11.5 Å². The molecule has 2 aromatic carbocycles. The van der Waals surface area contributed by atoms with Crippen molar-refractivity contribution in [1.82, 2.24) is 19.5 Å². The van der Waals surface area contributed by atoms with E-state index in [1.807, 2.05) is 6.07 Å². The van der Waals surface area contributed by atoms with Gasteiger partial charge >= 0.3 is 0 Å². The number of fused-ring (bicyclic) bond motifs is 1. The minimum absolute atomic E-state index is 0.00995. The van der Waals surface area contributed by atoms with Crippen LogP contribution in [0, 0.1) is 17.1 Å². The number of hydrogen-bond donors (Lipinski definition) is 2. The minimum Gasteiger partial charge on any atom is -0.382 e. The van der Waals surface area contributed by atoms with Gasteiger partial charge in [-0.1, -0.05) is 24.3 Å². The monoisotopic (exact) mass is 416 g/mol. The smallest absolute Gasteiger partial charge is 0.270 e. The van der Waals surface area contributed by atoms with Gasteiger partial charge in [0.2, 0.25) is 11.9 Å². The van der Waals surface area contributed by atoms with Crippen LogP contribution in [0.3, 0.4) is 0 Å². The molecule has 2 aromatic heterocycles. The van der Waals surface area contributed by atoms with Gasteiger partial charge in [0.25, 0.3) is 5.56 Å². The first-order chi connectivity index (χ1) is 15.0. The lowest BCUT2D eigenvalue weighted by atomic mass is 10.2. The summed E-state index contributed by atoms with van der Waals surface area (Å²) in [4.78, 5) is 27.5. The fraction of sp³-hybridized carbons (Fsp3) is 0.0952. The molecule has 4 aromatic rings. The third kappa shape index (κ3) is 3.28. The highest BCUT2D eigenvalue weighted by Gasteiger charge is 2.25. The van der Waals surface area contributed by atoms with Crippen molar-refractivity contribution >= 4 is 34.4 Å². The van der Waals surface area contributed by atoms with Gasteiger partial charge in [0.05, 0.1) is 11.2 Å². The molecule has 10 heteroatoms. The van der Waals surface area contributed by atoms with Crippen LogP contribution in [0.5, 0.6) is 0 Å². The highest BCUT2D eigenvalue weighted by Crippen LogP contribution is 2.30. The largest absolute Gasteiger partial charge is 0.382 e. The Hall–Kier alpha value is -4.52. The second-order valence-corrected chi connectivity index (χ2v) is 6.54. The Morgan fingerprint density at radius 1 is 1.10 bits per heavy atom. The zero-order valence-corrected chi connectivity index (χ0v) is 16.5. The molecule has 0 aliphatic carbocycles. The number of hydrogen-bond acceptors (Lipinski definition) is 8. The summed E-state index contributed by atoms with van der Waals surface area (Å²) in [6.45, 7) is 2.04. The van der Waals surface area contributed by atoms with Gasteiger partial charge in [-0.3, -0.25) is 9.69 Å². The van der Waals surface area contributed by atoms with Crippen LogP contribution in [-0.2, 0) is 0 Å². The molecule has 0 atom stereocenters.